The number of aromatic nitrogens is 1. The van der Waals surface area contributed by atoms with Gasteiger partial charge in [-0.3, -0.25) is 9.78 Å². The first-order chi connectivity index (χ1) is 11.2. The molecule has 116 valence electrons. The Morgan fingerprint density at radius 2 is 1.74 bits per heavy atom. The van der Waals surface area contributed by atoms with Gasteiger partial charge in [0.1, 0.15) is 5.69 Å². The minimum atomic E-state index is -0.221. The van der Waals surface area contributed by atoms with Crippen LogP contribution in [0, 0.1) is 0 Å². The molecule has 0 radical (unpaired) electrons. The predicted molar refractivity (Wildman–Crippen MR) is 89.1 cm³/mol. The lowest BCUT2D eigenvalue weighted by molar-refractivity contribution is 0.103. The molecule has 0 saturated heterocycles. The molecule has 0 amide bonds. The van der Waals surface area contributed by atoms with Crippen molar-refractivity contribution in [2.75, 3.05) is 20.0 Å². The number of nitrogen functional groups attached to an aromatic ring is 1. The number of fused-ring (bicyclic) bond motifs is 1. The van der Waals surface area contributed by atoms with Gasteiger partial charge in [0.25, 0.3) is 0 Å². The number of anilines is 1. The highest BCUT2D eigenvalue weighted by Crippen LogP contribution is 2.33. The third-order valence-electron chi connectivity index (χ3n) is 3.69. The molecule has 3 rings (SSSR count). The van der Waals surface area contributed by atoms with Gasteiger partial charge in [-0.05, 0) is 35.7 Å². The molecule has 0 saturated carbocycles. The van der Waals surface area contributed by atoms with Crippen LogP contribution in [0.25, 0.3) is 10.8 Å². The van der Waals surface area contributed by atoms with Crippen molar-refractivity contribution in [2.24, 2.45) is 0 Å². The molecule has 0 unspecified atom stereocenters. The summed E-state index contributed by atoms with van der Waals surface area (Å²) in [5, 5.41) is 1.54. The summed E-state index contributed by atoms with van der Waals surface area (Å²) in [6.07, 6.45) is 1.60. The maximum Gasteiger partial charge on any atom is 0.214 e. The van der Waals surface area contributed by atoms with Gasteiger partial charge in [-0.2, -0.15) is 0 Å². The molecule has 3 aromatic rings. The van der Waals surface area contributed by atoms with E-state index in [0.29, 0.717) is 33.8 Å². The van der Waals surface area contributed by atoms with E-state index in [1.54, 1.807) is 50.7 Å². The van der Waals surface area contributed by atoms with Crippen LogP contribution in [-0.2, 0) is 0 Å². The highest BCUT2D eigenvalue weighted by Gasteiger charge is 2.18. The first-order valence-electron chi connectivity index (χ1n) is 7.05. The Bertz CT molecular complexity index is 891. The predicted octanol–water partition coefficient (Wildman–Crippen LogP) is 3.07. The number of methoxy groups -OCH3 is 2. The average Bonchev–Trinajstić information content (AvgIpc) is 2.59. The number of hydrogen-bond donors (Lipinski definition) is 1. The monoisotopic (exact) mass is 308 g/mol. The van der Waals surface area contributed by atoms with Crippen LogP contribution in [0.2, 0.25) is 0 Å². The lowest BCUT2D eigenvalue weighted by Crippen LogP contribution is -2.08. The quantitative estimate of drug-likeness (QED) is 0.592. The zero-order valence-electron chi connectivity index (χ0n) is 12.9. The molecule has 0 spiro atoms. The van der Waals surface area contributed by atoms with Crippen LogP contribution in [0.5, 0.6) is 11.5 Å². The van der Waals surface area contributed by atoms with Gasteiger partial charge in [0.2, 0.25) is 5.78 Å². The molecule has 2 aromatic carbocycles. The van der Waals surface area contributed by atoms with E-state index in [9.17, 15) is 4.79 Å². The van der Waals surface area contributed by atoms with Crippen LogP contribution in [0.15, 0.2) is 48.7 Å². The number of ether oxygens (including phenoxy) is 2. The fraction of sp³-hybridized carbons (Fsp3) is 0.111. The minimum Gasteiger partial charge on any atom is -0.493 e. The molecule has 0 bridgehead atoms. The van der Waals surface area contributed by atoms with Gasteiger partial charge < -0.3 is 15.2 Å². The number of nitrogens with two attached hydrogens (primary N) is 1. The third-order valence-corrected chi connectivity index (χ3v) is 3.69. The van der Waals surface area contributed by atoms with Gasteiger partial charge >= 0.3 is 0 Å². The van der Waals surface area contributed by atoms with Gasteiger partial charge in [-0.15, -0.1) is 0 Å². The SMILES string of the molecule is COc1cc2ccnc(C(=O)c3ccccc3N)c2cc1OC. The summed E-state index contributed by atoms with van der Waals surface area (Å²) < 4.78 is 10.6. The van der Waals surface area contributed by atoms with E-state index >= 15 is 0 Å². The summed E-state index contributed by atoms with van der Waals surface area (Å²) >= 11 is 0. The normalized spacial score (nSPS) is 10.5. The van der Waals surface area contributed by atoms with Gasteiger partial charge in [-0.1, -0.05) is 12.1 Å². The molecular formula is C18H16N2O3. The summed E-state index contributed by atoms with van der Waals surface area (Å²) in [7, 11) is 3.12. The molecular weight excluding hydrogens is 292 g/mol. The second kappa shape index (κ2) is 5.96. The summed E-state index contributed by atoms with van der Waals surface area (Å²) in [6.45, 7) is 0. The first-order valence-corrected chi connectivity index (χ1v) is 7.05. The van der Waals surface area contributed by atoms with Gasteiger partial charge in [0.15, 0.2) is 11.5 Å². The summed E-state index contributed by atoms with van der Waals surface area (Å²) in [4.78, 5) is 17.1. The van der Waals surface area contributed by atoms with Gasteiger partial charge in [-0.25, -0.2) is 0 Å². The van der Waals surface area contributed by atoms with E-state index in [1.807, 2.05) is 12.1 Å². The Morgan fingerprint density at radius 3 is 2.43 bits per heavy atom. The molecule has 1 aromatic heterocycles. The number of benzene rings is 2. The second-order valence-electron chi connectivity index (χ2n) is 5.00. The number of carbonyl (C=O) groups is 1. The molecule has 2 N–H and O–H groups in total. The maximum absolute atomic E-state index is 12.8. The zero-order chi connectivity index (χ0) is 16.4. The van der Waals surface area contributed by atoms with Crippen LogP contribution in [0.3, 0.4) is 0 Å². The highest BCUT2D eigenvalue weighted by molar-refractivity contribution is 6.17. The fourth-order valence-electron chi connectivity index (χ4n) is 2.51. The van der Waals surface area contributed by atoms with Crippen molar-refractivity contribution in [3.8, 4) is 11.5 Å². The van der Waals surface area contributed by atoms with Crippen molar-refractivity contribution in [2.45, 2.75) is 0 Å². The van der Waals surface area contributed by atoms with Crippen LogP contribution < -0.4 is 15.2 Å². The molecule has 0 aliphatic rings. The van der Waals surface area contributed by atoms with Crippen molar-refractivity contribution < 1.29 is 14.3 Å². The summed E-state index contributed by atoms with van der Waals surface area (Å²) in [6, 6.07) is 12.4. The van der Waals surface area contributed by atoms with Crippen LogP contribution in [-0.4, -0.2) is 25.0 Å². The maximum atomic E-state index is 12.8. The molecule has 0 aliphatic carbocycles. The van der Waals surface area contributed by atoms with E-state index in [1.165, 1.54) is 0 Å². The summed E-state index contributed by atoms with van der Waals surface area (Å²) in [5.74, 6) is 0.924. The number of carbonyl (C=O) groups excluding carboxylic acids is 1. The van der Waals surface area contributed by atoms with E-state index in [2.05, 4.69) is 4.98 Å². The molecule has 5 heteroatoms. The van der Waals surface area contributed by atoms with Crippen LogP contribution in [0.4, 0.5) is 5.69 Å². The second-order valence-corrected chi connectivity index (χ2v) is 5.00. The number of nitrogens with zero attached hydrogens (tertiary/aromatic N) is 1. The van der Waals surface area contributed by atoms with Crippen LogP contribution in [0.1, 0.15) is 16.1 Å². The fourth-order valence-corrected chi connectivity index (χ4v) is 2.51. The molecule has 1 heterocycles. The largest absolute Gasteiger partial charge is 0.493 e. The highest BCUT2D eigenvalue weighted by atomic mass is 16.5. The van der Waals surface area contributed by atoms with Crippen LogP contribution >= 0.6 is 0 Å². The number of pyridine rings is 1. The lowest BCUT2D eigenvalue weighted by atomic mass is 10.0. The zero-order valence-corrected chi connectivity index (χ0v) is 12.9. The Hall–Kier alpha value is -3.08. The van der Waals surface area contributed by atoms with E-state index in [0.717, 1.165) is 5.39 Å². The standard InChI is InChI=1S/C18H16N2O3/c1-22-15-9-11-7-8-20-17(13(11)10-16(15)23-2)18(21)12-5-3-4-6-14(12)19/h3-10H,19H2,1-2H3. The van der Waals surface area contributed by atoms with E-state index < -0.39 is 0 Å². The minimum absolute atomic E-state index is 0.221. The smallest absolute Gasteiger partial charge is 0.214 e. The van der Waals surface area contributed by atoms with Gasteiger partial charge in [0, 0.05) is 22.8 Å². The number of hydrogen-bond acceptors (Lipinski definition) is 5. The molecule has 5 nitrogen and oxygen atoms in total. The first kappa shape index (κ1) is 14.8. The lowest BCUT2D eigenvalue weighted by Gasteiger charge is -2.11. The van der Waals surface area contributed by atoms with Gasteiger partial charge in [0.05, 0.1) is 14.2 Å². The Labute approximate surface area is 133 Å². The van der Waals surface area contributed by atoms with Crippen molar-refractivity contribution in [3.05, 3.63) is 59.9 Å². The van der Waals surface area contributed by atoms with E-state index in [4.69, 9.17) is 15.2 Å². The molecule has 0 atom stereocenters. The van der Waals surface area contributed by atoms with Crippen molar-refractivity contribution in [3.63, 3.8) is 0 Å². The third kappa shape index (κ3) is 2.57. The van der Waals surface area contributed by atoms with Crippen molar-refractivity contribution in [1.82, 2.24) is 4.98 Å². The molecule has 0 aliphatic heterocycles. The Kier molecular flexibility index (Phi) is 3.85. The Morgan fingerprint density at radius 1 is 1.04 bits per heavy atom. The van der Waals surface area contributed by atoms with Crippen molar-refractivity contribution in [1.29, 1.82) is 0 Å². The number of rotatable bonds is 4. The number of ketones is 1. The average molecular weight is 308 g/mol. The van der Waals surface area contributed by atoms with Crippen molar-refractivity contribution >= 4 is 22.2 Å². The topological polar surface area (TPSA) is 74.4 Å². The Balaban J connectivity index is 2.22. The van der Waals surface area contributed by atoms with E-state index in [-0.39, 0.29) is 5.78 Å². The number of para-hydroxylation sites is 1. The molecule has 23 heavy (non-hydrogen) atoms. The molecule has 0 fully saturated rings. The summed E-state index contributed by atoms with van der Waals surface area (Å²) in [5.41, 5.74) is 7.11.